The summed E-state index contributed by atoms with van der Waals surface area (Å²) in [6.45, 7) is 4.99. The molecule has 0 saturated carbocycles. The fourth-order valence-corrected chi connectivity index (χ4v) is 2.54. The molecule has 0 aliphatic heterocycles. The van der Waals surface area contributed by atoms with Crippen LogP contribution < -0.4 is 10.1 Å². The predicted octanol–water partition coefficient (Wildman–Crippen LogP) is 4.54. The minimum absolute atomic E-state index is 0.554. The molecule has 1 heterocycles. The normalized spacial score (nSPS) is 10.5. The summed E-state index contributed by atoms with van der Waals surface area (Å²) in [6, 6.07) is 5.56. The third-order valence-corrected chi connectivity index (χ3v) is 4.56. The zero-order valence-corrected chi connectivity index (χ0v) is 15.1. The first kappa shape index (κ1) is 16.3. The lowest BCUT2D eigenvalue weighted by Gasteiger charge is -2.11. The quantitative estimate of drug-likeness (QED) is 0.726. The average Bonchev–Trinajstić information content (AvgIpc) is 2.48. The number of anilines is 1. The number of ether oxygens (including phenoxy) is 1. The van der Waals surface area contributed by atoms with Crippen molar-refractivity contribution in [3.05, 3.63) is 32.5 Å². The molecule has 0 radical (unpaired) electrons. The Hall–Kier alpha value is -1.08. The predicted molar refractivity (Wildman–Crippen MR) is 95.3 cm³/mol. The molecule has 112 valence electrons. The second kappa shape index (κ2) is 7.26. The van der Waals surface area contributed by atoms with E-state index in [4.69, 9.17) is 16.3 Å². The molecule has 21 heavy (non-hydrogen) atoms. The van der Waals surface area contributed by atoms with Gasteiger partial charge in [-0.1, -0.05) is 18.5 Å². The van der Waals surface area contributed by atoms with Gasteiger partial charge in [0.1, 0.15) is 11.6 Å². The largest absolute Gasteiger partial charge is 0.495 e. The first-order valence-corrected chi connectivity index (χ1v) is 8.14. The summed E-state index contributed by atoms with van der Waals surface area (Å²) in [4.78, 5) is 9.16. The van der Waals surface area contributed by atoms with Gasteiger partial charge in [-0.05, 0) is 54.1 Å². The van der Waals surface area contributed by atoms with Gasteiger partial charge in [0.05, 0.1) is 21.4 Å². The van der Waals surface area contributed by atoms with E-state index in [0.717, 1.165) is 33.6 Å². The van der Waals surface area contributed by atoms with E-state index in [9.17, 15) is 0 Å². The summed E-state index contributed by atoms with van der Waals surface area (Å²) in [7, 11) is 1.60. The van der Waals surface area contributed by atoms with Gasteiger partial charge in [0.25, 0.3) is 0 Å². The molecule has 0 bridgehead atoms. The number of hydrogen-bond donors (Lipinski definition) is 1. The van der Waals surface area contributed by atoms with E-state index in [1.165, 1.54) is 0 Å². The highest BCUT2D eigenvalue weighted by atomic mass is 127. The van der Waals surface area contributed by atoms with Crippen molar-refractivity contribution in [1.82, 2.24) is 9.97 Å². The Bertz CT molecular complexity index is 649. The number of aryl methyl sites for hydroxylation is 1. The maximum atomic E-state index is 6.18. The SMILES string of the molecule is CCCNc1nc(-c2ccc(OC)c(Cl)c2)nc(C)c1I. The Morgan fingerprint density at radius 2 is 2.10 bits per heavy atom. The summed E-state index contributed by atoms with van der Waals surface area (Å²) in [6.07, 6.45) is 1.04. The number of benzene rings is 1. The second-order valence-electron chi connectivity index (χ2n) is 4.57. The molecule has 0 aliphatic rings. The lowest BCUT2D eigenvalue weighted by molar-refractivity contribution is 0.415. The van der Waals surface area contributed by atoms with Crippen LogP contribution in [0.3, 0.4) is 0 Å². The molecule has 4 nitrogen and oxygen atoms in total. The second-order valence-corrected chi connectivity index (χ2v) is 6.06. The van der Waals surface area contributed by atoms with E-state index in [1.54, 1.807) is 7.11 Å². The van der Waals surface area contributed by atoms with Crippen LogP contribution in [0.2, 0.25) is 5.02 Å². The van der Waals surface area contributed by atoms with Crippen molar-refractivity contribution >= 4 is 40.0 Å². The summed E-state index contributed by atoms with van der Waals surface area (Å²) >= 11 is 8.44. The molecule has 0 unspecified atom stereocenters. The molecule has 1 aromatic heterocycles. The van der Waals surface area contributed by atoms with Crippen molar-refractivity contribution in [2.45, 2.75) is 20.3 Å². The Morgan fingerprint density at radius 1 is 1.33 bits per heavy atom. The molecule has 1 aromatic carbocycles. The summed E-state index contributed by atoms with van der Waals surface area (Å²) in [5, 5.41) is 3.89. The monoisotopic (exact) mass is 417 g/mol. The maximum Gasteiger partial charge on any atom is 0.161 e. The molecule has 0 amide bonds. The van der Waals surface area contributed by atoms with E-state index < -0.39 is 0 Å². The third kappa shape index (κ3) is 3.77. The van der Waals surface area contributed by atoms with Crippen LogP contribution in [0.1, 0.15) is 19.0 Å². The highest BCUT2D eigenvalue weighted by Crippen LogP contribution is 2.30. The van der Waals surface area contributed by atoms with E-state index in [-0.39, 0.29) is 0 Å². The number of hydrogen-bond acceptors (Lipinski definition) is 4. The molecule has 2 aromatic rings. The Morgan fingerprint density at radius 3 is 2.71 bits per heavy atom. The molecule has 6 heteroatoms. The molecule has 0 aliphatic carbocycles. The molecule has 0 fully saturated rings. The standard InChI is InChI=1S/C15H17ClIN3O/c1-4-7-18-15-13(17)9(2)19-14(20-15)10-5-6-12(21-3)11(16)8-10/h5-6,8H,4,7H2,1-3H3,(H,18,19,20). The van der Waals surface area contributed by atoms with Crippen LogP contribution in [0.15, 0.2) is 18.2 Å². The number of nitrogens with one attached hydrogen (secondary N) is 1. The number of rotatable bonds is 5. The van der Waals surface area contributed by atoms with E-state index >= 15 is 0 Å². The van der Waals surface area contributed by atoms with Gasteiger partial charge in [0, 0.05) is 12.1 Å². The highest BCUT2D eigenvalue weighted by Gasteiger charge is 2.12. The number of halogens is 2. The lowest BCUT2D eigenvalue weighted by atomic mass is 10.2. The molecule has 0 atom stereocenters. The molecular formula is C15H17ClIN3O. The van der Waals surface area contributed by atoms with Crippen LogP contribution in [-0.2, 0) is 0 Å². The van der Waals surface area contributed by atoms with Gasteiger partial charge in [-0.25, -0.2) is 9.97 Å². The van der Waals surface area contributed by atoms with Crippen LogP contribution in [0, 0.1) is 10.5 Å². The topological polar surface area (TPSA) is 47.0 Å². The molecule has 1 N–H and O–H groups in total. The molecular weight excluding hydrogens is 401 g/mol. The van der Waals surface area contributed by atoms with Crippen LogP contribution >= 0.6 is 34.2 Å². The number of methoxy groups -OCH3 is 1. The van der Waals surface area contributed by atoms with E-state index in [2.05, 4.69) is 44.8 Å². The molecule has 0 saturated heterocycles. The van der Waals surface area contributed by atoms with Crippen molar-refractivity contribution in [1.29, 1.82) is 0 Å². The van der Waals surface area contributed by atoms with Gasteiger partial charge in [-0.2, -0.15) is 0 Å². The van der Waals surface area contributed by atoms with Crippen LogP contribution in [0.25, 0.3) is 11.4 Å². The van der Waals surface area contributed by atoms with Crippen LogP contribution in [-0.4, -0.2) is 23.6 Å². The van der Waals surface area contributed by atoms with Crippen LogP contribution in [0.5, 0.6) is 5.75 Å². The van der Waals surface area contributed by atoms with Gasteiger partial charge in [0.15, 0.2) is 5.82 Å². The minimum atomic E-state index is 0.554. The lowest BCUT2D eigenvalue weighted by Crippen LogP contribution is -2.07. The average molecular weight is 418 g/mol. The van der Waals surface area contributed by atoms with E-state index in [1.807, 2.05) is 25.1 Å². The molecule has 2 rings (SSSR count). The zero-order valence-electron chi connectivity index (χ0n) is 12.2. The Balaban J connectivity index is 2.43. The highest BCUT2D eigenvalue weighted by molar-refractivity contribution is 14.1. The zero-order chi connectivity index (χ0) is 15.4. The molecule has 0 spiro atoms. The smallest absolute Gasteiger partial charge is 0.161 e. The van der Waals surface area contributed by atoms with Crippen molar-refractivity contribution in [2.24, 2.45) is 0 Å². The fourth-order valence-electron chi connectivity index (χ4n) is 1.85. The fraction of sp³-hybridized carbons (Fsp3) is 0.333. The van der Waals surface area contributed by atoms with E-state index in [0.29, 0.717) is 16.6 Å². The van der Waals surface area contributed by atoms with Crippen molar-refractivity contribution < 1.29 is 4.74 Å². The Kier molecular flexibility index (Phi) is 5.64. The maximum absolute atomic E-state index is 6.18. The number of aromatic nitrogens is 2. The minimum Gasteiger partial charge on any atom is -0.495 e. The number of nitrogens with zero attached hydrogens (tertiary/aromatic N) is 2. The van der Waals surface area contributed by atoms with Crippen molar-refractivity contribution in [3.63, 3.8) is 0 Å². The van der Waals surface area contributed by atoms with Gasteiger partial charge >= 0.3 is 0 Å². The summed E-state index contributed by atoms with van der Waals surface area (Å²) in [5.74, 6) is 2.18. The first-order valence-electron chi connectivity index (χ1n) is 6.68. The third-order valence-electron chi connectivity index (χ3n) is 2.97. The summed E-state index contributed by atoms with van der Waals surface area (Å²) in [5.41, 5.74) is 1.82. The summed E-state index contributed by atoms with van der Waals surface area (Å²) < 4.78 is 6.21. The van der Waals surface area contributed by atoms with Gasteiger partial charge < -0.3 is 10.1 Å². The van der Waals surface area contributed by atoms with Crippen molar-refractivity contribution in [2.75, 3.05) is 19.0 Å². The van der Waals surface area contributed by atoms with Gasteiger partial charge in [-0.15, -0.1) is 0 Å². The van der Waals surface area contributed by atoms with Crippen LogP contribution in [0.4, 0.5) is 5.82 Å². The Labute approximate surface area is 143 Å². The van der Waals surface area contributed by atoms with Gasteiger partial charge in [0.2, 0.25) is 0 Å². The van der Waals surface area contributed by atoms with Gasteiger partial charge in [-0.3, -0.25) is 0 Å². The van der Waals surface area contributed by atoms with Crippen molar-refractivity contribution in [3.8, 4) is 17.1 Å². The first-order chi connectivity index (χ1) is 10.1.